The van der Waals surface area contributed by atoms with Crippen molar-refractivity contribution in [1.82, 2.24) is 25.3 Å². The zero-order chi connectivity index (χ0) is 13.5. The van der Waals surface area contributed by atoms with Gasteiger partial charge in [0, 0.05) is 5.75 Å². The van der Waals surface area contributed by atoms with Crippen molar-refractivity contribution < 1.29 is 0 Å². The lowest BCUT2D eigenvalue weighted by molar-refractivity contribution is 0.585. The Kier molecular flexibility index (Phi) is 5.12. The van der Waals surface area contributed by atoms with Crippen LogP contribution in [0.3, 0.4) is 0 Å². The molecule has 1 unspecified atom stereocenters. The molecule has 0 fully saturated rings. The molecule has 0 bridgehead atoms. The number of hydrogen-bond acceptors (Lipinski definition) is 6. The molecule has 2 N–H and O–H groups in total. The first-order valence-electron chi connectivity index (χ1n) is 6.25. The lowest BCUT2D eigenvalue weighted by Gasteiger charge is -2.09. The number of imidazole rings is 1. The molecule has 2 aromatic heterocycles. The first kappa shape index (κ1) is 13.8. The van der Waals surface area contributed by atoms with Crippen LogP contribution >= 0.6 is 11.8 Å². The van der Waals surface area contributed by atoms with Gasteiger partial charge in [-0.05, 0) is 19.4 Å². The van der Waals surface area contributed by atoms with E-state index in [0.29, 0.717) is 5.65 Å². The second-order valence-electron chi connectivity index (χ2n) is 4.05. The highest BCUT2D eigenvalue weighted by molar-refractivity contribution is 7.99. The second-order valence-corrected chi connectivity index (χ2v) is 5.14. The van der Waals surface area contributed by atoms with Gasteiger partial charge in [0.05, 0.1) is 18.4 Å². The highest BCUT2D eigenvalue weighted by Crippen LogP contribution is 2.22. The molecule has 100 valence electrons. The summed E-state index contributed by atoms with van der Waals surface area (Å²) in [6.45, 7) is 2.97. The fourth-order valence-corrected chi connectivity index (χ4v) is 2.62. The van der Waals surface area contributed by atoms with Crippen molar-refractivity contribution in [2.45, 2.75) is 30.8 Å². The lowest BCUT2D eigenvalue weighted by atomic mass is 10.2. The summed E-state index contributed by atoms with van der Waals surface area (Å²) in [4.78, 5) is 15.4. The summed E-state index contributed by atoms with van der Waals surface area (Å²) in [6, 6.07) is 2.19. The Morgan fingerprint density at radius 3 is 3.16 bits per heavy atom. The third kappa shape index (κ3) is 3.66. The number of nitriles is 1. The van der Waals surface area contributed by atoms with Crippen LogP contribution in [0.2, 0.25) is 0 Å². The summed E-state index contributed by atoms with van der Waals surface area (Å²) in [5, 5.41) is 13.1. The largest absolute Gasteiger partial charge is 0.341 e. The normalized spacial score (nSPS) is 12.4. The van der Waals surface area contributed by atoms with Gasteiger partial charge in [-0.2, -0.15) is 5.26 Å². The number of hydrogen-bond donors (Lipinski definition) is 2. The number of fused-ring (bicyclic) bond motifs is 1. The highest BCUT2D eigenvalue weighted by Gasteiger charge is 2.09. The molecule has 0 amide bonds. The molecule has 0 spiro atoms. The topological polar surface area (TPSA) is 90.3 Å². The molecule has 2 aromatic rings. The predicted molar refractivity (Wildman–Crippen MR) is 74.7 cm³/mol. The van der Waals surface area contributed by atoms with E-state index in [1.807, 2.05) is 0 Å². The number of H-pyrrole nitrogens is 1. The Bertz CT molecular complexity index is 561. The number of nitrogens with zero attached hydrogens (tertiary/aromatic N) is 4. The Hall–Kier alpha value is -1.65. The summed E-state index contributed by atoms with van der Waals surface area (Å²) >= 11 is 1.62. The van der Waals surface area contributed by atoms with E-state index in [0.717, 1.165) is 35.7 Å². The summed E-state index contributed by atoms with van der Waals surface area (Å²) in [7, 11) is 0. The van der Waals surface area contributed by atoms with E-state index >= 15 is 0 Å². The van der Waals surface area contributed by atoms with Crippen molar-refractivity contribution in [2.24, 2.45) is 0 Å². The van der Waals surface area contributed by atoms with Crippen LogP contribution in [-0.4, -0.2) is 38.3 Å². The number of aromatic nitrogens is 4. The SMILES string of the molecule is CCCNC(C#N)CCSc1ncnc2nc[nH]c12. The number of aromatic amines is 1. The summed E-state index contributed by atoms with van der Waals surface area (Å²) in [6.07, 6.45) is 4.96. The van der Waals surface area contributed by atoms with Crippen LogP contribution in [-0.2, 0) is 0 Å². The van der Waals surface area contributed by atoms with Crippen LogP contribution in [0.5, 0.6) is 0 Å². The van der Waals surface area contributed by atoms with Crippen LogP contribution in [0.1, 0.15) is 19.8 Å². The van der Waals surface area contributed by atoms with Gasteiger partial charge in [-0.15, -0.1) is 11.8 Å². The van der Waals surface area contributed by atoms with Gasteiger partial charge in [0.15, 0.2) is 5.65 Å². The number of rotatable bonds is 7. The second kappa shape index (κ2) is 7.07. The average molecular weight is 276 g/mol. The van der Waals surface area contributed by atoms with Gasteiger partial charge < -0.3 is 10.3 Å². The standard InChI is InChI=1S/C12H16N6S/c1-2-4-14-9(6-13)3-5-19-12-10-11(16-7-15-10)17-8-18-12/h7-9,14H,2-5H2,1H3,(H,15,16,17,18). The fraction of sp³-hybridized carbons (Fsp3) is 0.500. The first-order valence-corrected chi connectivity index (χ1v) is 7.23. The minimum Gasteiger partial charge on any atom is -0.341 e. The van der Waals surface area contributed by atoms with Gasteiger partial charge in [-0.3, -0.25) is 0 Å². The lowest BCUT2D eigenvalue weighted by Crippen LogP contribution is -2.28. The van der Waals surface area contributed by atoms with Crippen LogP contribution < -0.4 is 5.32 Å². The molecule has 0 saturated heterocycles. The van der Waals surface area contributed by atoms with E-state index in [1.54, 1.807) is 18.1 Å². The zero-order valence-corrected chi connectivity index (χ0v) is 11.6. The van der Waals surface area contributed by atoms with Crippen molar-refractivity contribution in [3.63, 3.8) is 0 Å². The van der Waals surface area contributed by atoms with Crippen LogP contribution in [0, 0.1) is 11.3 Å². The molecule has 0 aromatic carbocycles. The maximum Gasteiger partial charge on any atom is 0.181 e. The van der Waals surface area contributed by atoms with Gasteiger partial charge in [0.2, 0.25) is 0 Å². The van der Waals surface area contributed by atoms with Crippen molar-refractivity contribution in [2.75, 3.05) is 12.3 Å². The smallest absolute Gasteiger partial charge is 0.181 e. The van der Waals surface area contributed by atoms with Crippen LogP contribution in [0.25, 0.3) is 11.2 Å². The van der Waals surface area contributed by atoms with Gasteiger partial charge in [-0.25, -0.2) is 15.0 Å². The van der Waals surface area contributed by atoms with Crippen molar-refractivity contribution in [3.05, 3.63) is 12.7 Å². The Morgan fingerprint density at radius 1 is 1.47 bits per heavy atom. The monoisotopic (exact) mass is 276 g/mol. The van der Waals surface area contributed by atoms with Crippen molar-refractivity contribution in [3.8, 4) is 6.07 Å². The van der Waals surface area contributed by atoms with Crippen LogP contribution in [0.4, 0.5) is 0 Å². The molecular formula is C12H16N6S. The molecule has 7 heteroatoms. The molecular weight excluding hydrogens is 260 g/mol. The van der Waals surface area contributed by atoms with E-state index in [2.05, 4.69) is 38.2 Å². The minimum absolute atomic E-state index is 0.0912. The molecule has 6 nitrogen and oxygen atoms in total. The fourth-order valence-electron chi connectivity index (χ4n) is 1.66. The number of nitrogens with one attached hydrogen (secondary N) is 2. The van der Waals surface area contributed by atoms with Gasteiger partial charge in [-0.1, -0.05) is 6.92 Å². The van der Waals surface area contributed by atoms with Gasteiger partial charge >= 0.3 is 0 Å². The summed E-state index contributed by atoms with van der Waals surface area (Å²) in [5.41, 5.74) is 1.54. The molecule has 0 aliphatic rings. The van der Waals surface area contributed by atoms with Crippen LogP contribution in [0.15, 0.2) is 17.7 Å². The van der Waals surface area contributed by atoms with E-state index in [-0.39, 0.29) is 6.04 Å². The van der Waals surface area contributed by atoms with Gasteiger partial charge in [0.25, 0.3) is 0 Å². The quantitative estimate of drug-likeness (QED) is 0.591. The molecule has 19 heavy (non-hydrogen) atoms. The van der Waals surface area contributed by atoms with E-state index < -0.39 is 0 Å². The molecule has 0 saturated carbocycles. The summed E-state index contributed by atoms with van der Waals surface area (Å²) < 4.78 is 0. The Labute approximate surface area is 116 Å². The zero-order valence-electron chi connectivity index (χ0n) is 10.8. The molecule has 1 atom stereocenters. The molecule has 2 rings (SSSR count). The highest BCUT2D eigenvalue weighted by atomic mass is 32.2. The Balaban J connectivity index is 1.88. The van der Waals surface area contributed by atoms with Crippen molar-refractivity contribution >= 4 is 22.9 Å². The third-order valence-corrected chi connectivity index (χ3v) is 3.65. The molecule has 0 aliphatic heterocycles. The third-order valence-electron chi connectivity index (χ3n) is 2.63. The molecule has 0 aliphatic carbocycles. The summed E-state index contributed by atoms with van der Waals surface area (Å²) in [5.74, 6) is 0.833. The minimum atomic E-state index is -0.0912. The number of thioether (sulfide) groups is 1. The molecule has 2 heterocycles. The Morgan fingerprint density at radius 2 is 2.37 bits per heavy atom. The molecule has 0 radical (unpaired) electrons. The maximum absolute atomic E-state index is 9.03. The van der Waals surface area contributed by atoms with Crippen molar-refractivity contribution in [1.29, 1.82) is 5.26 Å². The first-order chi connectivity index (χ1) is 9.35. The van der Waals surface area contributed by atoms with E-state index in [1.165, 1.54) is 6.33 Å². The van der Waals surface area contributed by atoms with E-state index in [9.17, 15) is 0 Å². The maximum atomic E-state index is 9.03. The van der Waals surface area contributed by atoms with E-state index in [4.69, 9.17) is 5.26 Å². The average Bonchev–Trinajstić information content (AvgIpc) is 2.91. The van der Waals surface area contributed by atoms with Gasteiger partial charge in [0.1, 0.15) is 16.9 Å². The predicted octanol–water partition coefficient (Wildman–Crippen LogP) is 1.73.